The second-order valence-corrected chi connectivity index (χ2v) is 6.29. The second-order valence-electron chi connectivity index (χ2n) is 5.85. The number of rotatable bonds is 5. The number of hydrogen-bond acceptors (Lipinski definition) is 5. The maximum Gasteiger partial charge on any atom is 0.155 e. The van der Waals surface area contributed by atoms with E-state index < -0.39 is 11.0 Å². The number of halogens is 1. The molecule has 24 heavy (non-hydrogen) atoms. The quantitative estimate of drug-likeness (QED) is 0.512. The third-order valence-corrected chi connectivity index (χ3v) is 3.91. The fourth-order valence-electron chi connectivity index (χ4n) is 1.95. The van der Waals surface area contributed by atoms with Crippen molar-refractivity contribution in [3.63, 3.8) is 0 Å². The van der Waals surface area contributed by atoms with Gasteiger partial charge in [-0.05, 0) is 24.3 Å². The van der Waals surface area contributed by atoms with Crippen LogP contribution in [0.1, 0.15) is 19.4 Å². The number of aromatic nitrogens is 3. The molecule has 0 aliphatic heterocycles. The van der Waals surface area contributed by atoms with Gasteiger partial charge in [0.25, 0.3) is 0 Å². The van der Waals surface area contributed by atoms with Gasteiger partial charge in [0.15, 0.2) is 5.60 Å². The fraction of sp³-hybridized carbons (Fsp3) is 0.353. The lowest BCUT2D eigenvalue weighted by Crippen LogP contribution is -2.48. The molecule has 1 aromatic carbocycles. The van der Waals surface area contributed by atoms with Crippen LogP contribution in [0.3, 0.4) is 0 Å². The smallest absolute Gasteiger partial charge is 0.155 e. The van der Waals surface area contributed by atoms with Gasteiger partial charge in [-0.3, -0.25) is 0 Å². The molecule has 2 rings (SSSR count). The summed E-state index contributed by atoms with van der Waals surface area (Å²) in [6.45, 7) is 3.78. The van der Waals surface area contributed by atoms with Crippen LogP contribution in [0.15, 0.2) is 42.1 Å². The van der Waals surface area contributed by atoms with Crippen molar-refractivity contribution in [1.82, 2.24) is 14.8 Å². The number of nitrogens with zero attached hydrogens (tertiary/aromatic N) is 4. The van der Waals surface area contributed by atoms with Gasteiger partial charge in [-0.2, -0.15) is 5.10 Å². The average Bonchev–Trinajstić information content (AvgIpc) is 3.05. The Kier molecular flexibility index (Phi) is 5.60. The number of oxime groups is 1. The van der Waals surface area contributed by atoms with Crippen LogP contribution in [0.25, 0.3) is 0 Å². The molecule has 6 nitrogen and oxygen atoms in total. The summed E-state index contributed by atoms with van der Waals surface area (Å²) in [6, 6.07) is 7.09. The molecule has 0 saturated carbocycles. The summed E-state index contributed by atoms with van der Waals surface area (Å²) in [6.07, 6.45) is 4.46. The number of hydrogen-bond donors (Lipinski definition) is 1. The summed E-state index contributed by atoms with van der Waals surface area (Å²) < 4.78 is 1.53. The molecule has 0 spiro atoms. The molecule has 0 saturated heterocycles. The highest BCUT2D eigenvalue weighted by Crippen LogP contribution is 2.30. The first-order valence-electron chi connectivity index (χ1n) is 7.27. The van der Waals surface area contributed by atoms with Crippen molar-refractivity contribution in [2.75, 3.05) is 7.11 Å². The Morgan fingerprint density at radius 2 is 2.08 bits per heavy atom. The zero-order chi connectivity index (χ0) is 17.6. The highest BCUT2D eigenvalue weighted by Gasteiger charge is 2.42. The van der Waals surface area contributed by atoms with Gasteiger partial charge in [0, 0.05) is 16.0 Å². The molecule has 0 amide bonds. The summed E-state index contributed by atoms with van der Waals surface area (Å²) in [4.78, 5) is 8.64. The lowest BCUT2D eigenvalue weighted by molar-refractivity contribution is 0.00538. The van der Waals surface area contributed by atoms with E-state index in [2.05, 4.69) is 27.1 Å². The van der Waals surface area contributed by atoms with Crippen molar-refractivity contribution < 1.29 is 9.94 Å². The van der Waals surface area contributed by atoms with Crippen LogP contribution in [-0.4, -0.2) is 38.8 Å². The Hall–Kier alpha value is -2.36. The Labute approximate surface area is 146 Å². The van der Waals surface area contributed by atoms with Gasteiger partial charge in [-0.25, -0.2) is 9.67 Å². The molecular formula is C17H19ClN4O2. The minimum absolute atomic E-state index is 0.135. The fourth-order valence-corrected chi connectivity index (χ4v) is 2.08. The first kappa shape index (κ1) is 18.0. The third kappa shape index (κ3) is 4.34. The SMILES string of the molecule is CON=CC(C)(C)C(O)(C#Cc1ccc(Cl)cc1)Cn1cncn1. The number of benzene rings is 1. The minimum atomic E-state index is -1.44. The normalized spacial score (nSPS) is 14.0. The Morgan fingerprint density at radius 3 is 2.67 bits per heavy atom. The van der Waals surface area contributed by atoms with Crippen LogP contribution in [0.2, 0.25) is 5.02 Å². The van der Waals surface area contributed by atoms with Crippen molar-refractivity contribution in [3.8, 4) is 11.8 Å². The highest BCUT2D eigenvalue weighted by molar-refractivity contribution is 6.30. The van der Waals surface area contributed by atoms with E-state index in [-0.39, 0.29) is 6.54 Å². The zero-order valence-electron chi connectivity index (χ0n) is 13.8. The van der Waals surface area contributed by atoms with E-state index in [4.69, 9.17) is 16.4 Å². The van der Waals surface area contributed by atoms with E-state index >= 15 is 0 Å². The summed E-state index contributed by atoms with van der Waals surface area (Å²) >= 11 is 5.88. The molecule has 0 aliphatic rings. The average molecular weight is 347 g/mol. The molecule has 126 valence electrons. The summed E-state index contributed by atoms with van der Waals surface area (Å²) in [5, 5.41) is 19.7. The van der Waals surface area contributed by atoms with Gasteiger partial charge in [-0.15, -0.1) is 0 Å². The van der Waals surface area contributed by atoms with Crippen molar-refractivity contribution in [3.05, 3.63) is 47.5 Å². The molecule has 1 N–H and O–H groups in total. The molecule has 0 fully saturated rings. The van der Waals surface area contributed by atoms with Gasteiger partial charge >= 0.3 is 0 Å². The van der Waals surface area contributed by atoms with E-state index in [0.717, 1.165) is 5.56 Å². The zero-order valence-corrected chi connectivity index (χ0v) is 14.5. The third-order valence-electron chi connectivity index (χ3n) is 3.66. The molecule has 0 aliphatic carbocycles. The minimum Gasteiger partial charge on any atom is -0.399 e. The van der Waals surface area contributed by atoms with Crippen molar-refractivity contribution >= 4 is 17.8 Å². The Bertz CT molecular complexity index is 745. The topological polar surface area (TPSA) is 72.5 Å². The lowest BCUT2D eigenvalue weighted by atomic mass is 9.76. The van der Waals surface area contributed by atoms with E-state index in [0.29, 0.717) is 5.02 Å². The highest BCUT2D eigenvalue weighted by atomic mass is 35.5. The molecule has 0 radical (unpaired) electrons. The van der Waals surface area contributed by atoms with Gasteiger partial charge in [-0.1, -0.05) is 42.4 Å². The van der Waals surface area contributed by atoms with Crippen molar-refractivity contribution in [1.29, 1.82) is 0 Å². The van der Waals surface area contributed by atoms with Gasteiger partial charge in [0.1, 0.15) is 19.8 Å². The van der Waals surface area contributed by atoms with Crippen molar-refractivity contribution in [2.24, 2.45) is 10.6 Å². The van der Waals surface area contributed by atoms with Crippen LogP contribution >= 0.6 is 11.6 Å². The molecule has 1 heterocycles. The van der Waals surface area contributed by atoms with Crippen molar-refractivity contribution in [2.45, 2.75) is 26.0 Å². The first-order chi connectivity index (χ1) is 11.4. The summed E-state index contributed by atoms with van der Waals surface area (Å²) in [5.74, 6) is 5.93. The van der Waals surface area contributed by atoms with Gasteiger partial charge in [0.05, 0.1) is 12.8 Å². The molecule has 1 atom stereocenters. The predicted octanol–water partition coefficient (Wildman–Crippen LogP) is 2.37. The molecule has 2 aromatic rings. The monoisotopic (exact) mass is 346 g/mol. The van der Waals surface area contributed by atoms with Crippen LogP contribution in [0.5, 0.6) is 0 Å². The molecular weight excluding hydrogens is 328 g/mol. The maximum atomic E-state index is 11.2. The number of aliphatic hydroxyl groups is 1. The van der Waals surface area contributed by atoms with Crippen LogP contribution < -0.4 is 0 Å². The van der Waals surface area contributed by atoms with E-state index in [9.17, 15) is 5.11 Å². The van der Waals surface area contributed by atoms with Crippen LogP contribution in [-0.2, 0) is 11.4 Å². The Morgan fingerprint density at radius 1 is 1.38 bits per heavy atom. The van der Waals surface area contributed by atoms with Crippen LogP contribution in [0.4, 0.5) is 0 Å². The molecule has 1 unspecified atom stereocenters. The first-order valence-corrected chi connectivity index (χ1v) is 7.65. The lowest BCUT2D eigenvalue weighted by Gasteiger charge is -2.35. The van der Waals surface area contributed by atoms with Gasteiger partial charge < -0.3 is 9.94 Å². The van der Waals surface area contributed by atoms with E-state index in [1.54, 1.807) is 24.3 Å². The standard InChI is InChI=1S/C17H19ClN4O2/c1-16(2,10-21-24-3)17(23,11-22-13-19-12-20-22)9-8-14-4-6-15(18)7-5-14/h4-7,10,12-13,23H,11H2,1-3H3. The second kappa shape index (κ2) is 7.47. The molecule has 7 heteroatoms. The molecule has 1 aromatic heterocycles. The van der Waals surface area contributed by atoms with E-state index in [1.165, 1.54) is 30.7 Å². The summed E-state index contributed by atoms with van der Waals surface area (Å²) in [5.41, 5.74) is -1.49. The predicted molar refractivity (Wildman–Crippen MR) is 92.6 cm³/mol. The molecule has 0 bridgehead atoms. The van der Waals surface area contributed by atoms with Gasteiger partial charge in [0.2, 0.25) is 0 Å². The van der Waals surface area contributed by atoms with E-state index in [1.807, 2.05) is 13.8 Å². The largest absolute Gasteiger partial charge is 0.399 e. The summed E-state index contributed by atoms with van der Waals surface area (Å²) in [7, 11) is 1.45. The maximum absolute atomic E-state index is 11.2. The van der Waals surface area contributed by atoms with Crippen LogP contribution in [0, 0.1) is 17.3 Å². The Balaban J connectivity index is 2.39.